The van der Waals surface area contributed by atoms with Crippen LogP contribution in [0.15, 0.2) is 18.2 Å². The summed E-state index contributed by atoms with van der Waals surface area (Å²) in [6.07, 6.45) is 2.05. The average Bonchev–Trinajstić information content (AvgIpc) is 3.40. The van der Waals surface area contributed by atoms with Crippen molar-refractivity contribution in [2.45, 2.75) is 32.8 Å². The van der Waals surface area contributed by atoms with Gasteiger partial charge in [0.05, 0.1) is 19.3 Å². The number of aryl methyl sites for hydroxylation is 1. The quantitative estimate of drug-likeness (QED) is 0.866. The number of nitrogens with zero attached hydrogens (tertiary/aromatic N) is 1. The maximum atomic E-state index is 12.3. The second-order valence-electron chi connectivity index (χ2n) is 6.67. The van der Waals surface area contributed by atoms with Crippen molar-refractivity contribution in [1.82, 2.24) is 4.90 Å². The molecule has 1 heterocycles. The first-order valence-corrected chi connectivity index (χ1v) is 8.57. The predicted molar refractivity (Wildman–Crippen MR) is 93.0 cm³/mol. The van der Waals surface area contributed by atoms with E-state index in [-0.39, 0.29) is 30.4 Å². The number of hydrogen-bond donors (Lipinski definition) is 2. The molecule has 1 saturated heterocycles. The van der Waals surface area contributed by atoms with Gasteiger partial charge >= 0.3 is 0 Å². The molecule has 0 spiro atoms. The molecule has 2 amide bonds. The largest absolute Gasteiger partial charge is 0.376 e. The zero-order valence-electron chi connectivity index (χ0n) is 14.3. The van der Waals surface area contributed by atoms with E-state index in [1.165, 1.54) is 0 Å². The molecule has 130 valence electrons. The van der Waals surface area contributed by atoms with Crippen LogP contribution in [0.25, 0.3) is 0 Å². The van der Waals surface area contributed by atoms with Gasteiger partial charge in [0.1, 0.15) is 0 Å². The van der Waals surface area contributed by atoms with Crippen molar-refractivity contribution in [3.63, 3.8) is 0 Å². The Bertz CT molecular complexity index is 628. The minimum atomic E-state index is 0.0666. The van der Waals surface area contributed by atoms with Gasteiger partial charge < -0.3 is 20.3 Å². The number of hydrogen-bond acceptors (Lipinski definition) is 4. The number of carbonyl (C=O) groups is 2. The van der Waals surface area contributed by atoms with Crippen molar-refractivity contribution in [2.24, 2.45) is 5.92 Å². The van der Waals surface area contributed by atoms with Crippen molar-refractivity contribution in [3.8, 4) is 0 Å². The molecule has 1 aromatic rings. The lowest BCUT2D eigenvalue weighted by Gasteiger charge is -2.31. The van der Waals surface area contributed by atoms with Gasteiger partial charge in [0, 0.05) is 30.4 Å². The highest BCUT2D eigenvalue weighted by Gasteiger charge is 2.29. The number of amides is 2. The van der Waals surface area contributed by atoms with Gasteiger partial charge in [-0.05, 0) is 44.4 Å². The van der Waals surface area contributed by atoms with Crippen LogP contribution in [-0.2, 0) is 14.3 Å². The SMILES string of the molecule is Cc1ccc(NC(=O)C2CC2)cc1NCC(=O)N1CCO[C@@H](C)C1. The minimum absolute atomic E-state index is 0.0666. The Labute approximate surface area is 142 Å². The maximum absolute atomic E-state index is 12.3. The Kier molecular flexibility index (Phi) is 5.04. The molecule has 0 radical (unpaired) electrons. The minimum Gasteiger partial charge on any atom is -0.376 e. The van der Waals surface area contributed by atoms with Crippen LogP contribution >= 0.6 is 0 Å². The molecule has 0 unspecified atom stereocenters. The molecular weight excluding hydrogens is 306 g/mol. The average molecular weight is 331 g/mol. The van der Waals surface area contributed by atoms with Crippen molar-refractivity contribution in [3.05, 3.63) is 23.8 Å². The van der Waals surface area contributed by atoms with E-state index in [0.717, 1.165) is 29.8 Å². The Hall–Kier alpha value is -2.08. The second-order valence-corrected chi connectivity index (χ2v) is 6.67. The number of morpholine rings is 1. The van der Waals surface area contributed by atoms with Crippen molar-refractivity contribution in [2.75, 3.05) is 36.9 Å². The number of rotatable bonds is 5. The van der Waals surface area contributed by atoms with Gasteiger partial charge in [0.15, 0.2) is 0 Å². The summed E-state index contributed by atoms with van der Waals surface area (Å²) in [5.41, 5.74) is 2.69. The molecule has 1 aromatic carbocycles. The Morgan fingerprint density at radius 3 is 2.83 bits per heavy atom. The topological polar surface area (TPSA) is 70.7 Å². The molecule has 6 nitrogen and oxygen atoms in total. The molecule has 0 aromatic heterocycles. The van der Waals surface area contributed by atoms with Gasteiger partial charge in [-0.25, -0.2) is 0 Å². The highest BCUT2D eigenvalue weighted by molar-refractivity contribution is 5.94. The van der Waals surface area contributed by atoms with Crippen molar-refractivity contribution in [1.29, 1.82) is 0 Å². The normalized spacial score (nSPS) is 20.6. The van der Waals surface area contributed by atoms with Gasteiger partial charge in [0.25, 0.3) is 0 Å². The highest BCUT2D eigenvalue weighted by atomic mass is 16.5. The zero-order valence-corrected chi connectivity index (χ0v) is 14.3. The Morgan fingerprint density at radius 1 is 1.33 bits per heavy atom. The summed E-state index contributed by atoms with van der Waals surface area (Å²) in [6.45, 7) is 6.07. The molecule has 1 aliphatic heterocycles. The lowest BCUT2D eigenvalue weighted by Crippen LogP contribution is -2.46. The van der Waals surface area contributed by atoms with Crippen LogP contribution in [0, 0.1) is 12.8 Å². The molecule has 2 aliphatic rings. The number of carbonyl (C=O) groups excluding carboxylic acids is 2. The van der Waals surface area contributed by atoms with Crippen molar-refractivity contribution >= 4 is 23.2 Å². The van der Waals surface area contributed by atoms with Gasteiger partial charge in [-0.2, -0.15) is 0 Å². The zero-order chi connectivity index (χ0) is 17.1. The fraction of sp³-hybridized carbons (Fsp3) is 0.556. The predicted octanol–water partition coefficient (Wildman–Crippen LogP) is 2.00. The van der Waals surface area contributed by atoms with E-state index in [0.29, 0.717) is 19.7 Å². The molecule has 3 rings (SSSR count). The van der Waals surface area contributed by atoms with Crippen LogP contribution < -0.4 is 10.6 Å². The van der Waals surface area contributed by atoms with Crippen LogP contribution in [0.5, 0.6) is 0 Å². The maximum Gasteiger partial charge on any atom is 0.242 e. The first-order chi connectivity index (χ1) is 11.5. The Morgan fingerprint density at radius 2 is 2.12 bits per heavy atom. The smallest absolute Gasteiger partial charge is 0.242 e. The summed E-state index contributed by atoms with van der Waals surface area (Å²) in [6, 6.07) is 5.74. The lowest BCUT2D eigenvalue weighted by molar-refractivity contribution is -0.136. The molecule has 1 saturated carbocycles. The summed E-state index contributed by atoms with van der Waals surface area (Å²) in [5, 5.41) is 6.14. The first-order valence-electron chi connectivity index (χ1n) is 8.57. The molecular formula is C18H25N3O3. The monoisotopic (exact) mass is 331 g/mol. The summed E-state index contributed by atoms with van der Waals surface area (Å²) < 4.78 is 5.46. The highest BCUT2D eigenvalue weighted by Crippen LogP contribution is 2.30. The van der Waals surface area contributed by atoms with Crippen LogP contribution in [0.3, 0.4) is 0 Å². The fourth-order valence-corrected chi connectivity index (χ4v) is 2.81. The summed E-state index contributed by atoms with van der Waals surface area (Å²) >= 11 is 0. The third-order valence-electron chi connectivity index (χ3n) is 4.48. The molecule has 2 fully saturated rings. The van der Waals surface area contributed by atoms with E-state index in [4.69, 9.17) is 4.74 Å². The van der Waals surface area contributed by atoms with Gasteiger partial charge in [-0.15, -0.1) is 0 Å². The second kappa shape index (κ2) is 7.21. The molecule has 24 heavy (non-hydrogen) atoms. The standard InChI is InChI=1S/C18H25N3O3/c1-12-3-6-15(20-18(23)14-4-5-14)9-16(12)19-10-17(22)21-7-8-24-13(2)11-21/h3,6,9,13-14,19H,4-5,7-8,10-11H2,1-2H3,(H,20,23)/t13-/m0/s1. The summed E-state index contributed by atoms with van der Waals surface area (Å²) in [7, 11) is 0. The van der Waals surface area contributed by atoms with Crippen LogP contribution in [0.2, 0.25) is 0 Å². The lowest BCUT2D eigenvalue weighted by atomic mass is 10.1. The number of nitrogens with one attached hydrogen (secondary N) is 2. The van der Waals surface area contributed by atoms with Crippen LogP contribution in [-0.4, -0.2) is 49.1 Å². The van der Waals surface area contributed by atoms with E-state index in [2.05, 4.69) is 10.6 Å². The van der Waals surface area contributed by atoms with Crippen molar-refractivity contribution < 1.29 is 14.3 Å². The number of anilines is 2. The molecule has 6 heteroatoms. The third kappa shape index (κ3) is 4.26. The van der Waals surface area contributed by atoms with Crippen LogP contribution in [0.4, 0.5) is 11.4 Å². The Balaban J connectivity index is 1.57. The van der Waals surface area contributed by atoms with Gasteiger partial charge in [-0.3, -0.25) is 9.59 Å². The van der Waals surface area contributed by atoms with Gasteiger partial charge in [0.2, 0.25) is 11.8 Å². The molecule has 2 N–H and O–H groups in total. The number of ether oxygens (including phenoxy) is 1. The number of benzene rings is 1. The van der Waals surface area contributed by atoms with Crippen LogP contribution in [0.1, 0.15) is 25.3 Å². The molecule has 0 bridgehead atoms. The summed E-state index contributed by atoms with van der Waals surface area (Å²) in [4.78, 5) is 26.0. The molecule has 1 atom stereocenters. The van der Waals surface area contributed by atoms with Gasteiger partial charge in [-0.1, -0.05) is 6.07 Å². The van der Waals surface area contributed by atoms with E-state index >= 15 is 0 Å². The van der Waals surface area contributed by atoms with E-state index in [1.807, 2.05) is 36.9 Å². The first kappa shape index (κ1) is 16.8. The third-order valence-corrected chi connectivity index (χ3v) is 4.48. The van der Waals surface area contributed by atoms with E-state index < -0.39 is 0 Å². The fourth-order valence-electron chi connectivity index (χ4n) is 2.81. The summed E-state index contributed by atoms with van der Waals surface area (Å²) in [5.74, 6) is 0.327. The van der Waals surface area contributed by atoms with E-state index in [9.17, 15) is 9.59 Å². The van der Waals surface area contributed by atoms with E-state index in [1.54, 1.807) is 0 Å². The molecule has 1 aliphatic carbocycles.